The Morgan fingerprint density at radius 2 is 2.29 bits per heavy atom. The van der Waals surface area contributed by atoms with Crippen LogP contribution in [0.4, 0.5) is 10.2 Å². The van der Waals surface area contributed by atoms with Crippen LogP contribution in [0.1, 0.15) is 5.56 Å². The number of hydrogen-bond donors (Lipinski definition) is 1. The van der Waals surface area contributed by atoms with Crippen LogP contribution < -0.4 is 5.73 Å². The van der Waals surface area contributed by atoms with Crippen molar-refractivity contribution in [1.82, 2.24) is 14.8 Å². The summed E-state index contributed by atoms with van der Waals surface area (Å²) in [7, 11) is 0. The Balaban J connectivity index is 2.18. The van der Waals surface area contributed by atoms with Crippen LogP contribution in [0.25, 0.3) is 0 Å². The van der Waals surface area contributed by atoms with Gasteiger partial charge < -0.3 is 5.73 Å². The third kappa shape index (κ3) is 1.87. The van der Waals surface area contributed by atoms with Gasteiger partial charge in [0.2, 0.25) is 0 Å². The normalized spacial score (nSPS) is 10.4. The van der Waals surface area contributed by atoms with Gasteiger partial charge in [0.05, 0.1) is 12.7 Å². The molecule has 0 aliphatic heterocycles. The van der Waals surface area contributed by atoms with Gasteiger partial charge in [-0.15, -0.1) is 0 Å². The highest BCUT2D eigenvalue weighted by Gasteiger charge is 1.98. The largest absolute Gasteiger partial charge is 0.382 e. The van der Waals surface area contributed by atoms with E-state index in [4.69, 9.17) is 5.73 Å². The van der Waals surface area contributed by atoms with Crippen molar-refractivity contribution in [2.45, 2.75) is 6.54 Å². The van der Waals surface area contributed by atoms with Crippen LogP contribution in [0.2, 0.25) is 0 Å². The topological polar surface area (TPSA) is 56.7 Å². The second-order valence-corrected chi connectivity index (χ2v) is 2.95. The van der Waals surface area contributed by atoms with E-state index in [2.05, 4.69) is 10.1 Å². The van der Waals surface area contributed by atoms with Gasteiger partial charge in [-0.05, 0) is 17.7 Å². The maximum atomic E-state index is 12.8. The number of aromatic nitrogens is 3. The number of nitrogens with zero attached hydrogens (tertiary/aromatic N) is 3. The van der Waals surface area contributed by atoms with Crippen LogP contribution in [-0.4, -0.2) is 14.8 Å². The second-order valence-electron chi connectivity index (χ2n) is 2.95. The Morgan fingerprint density at radius 3 is 2.93 bits per heavy atom. The van der Waals surface area contributed by atoms with Crippen molar-refractivity contribution >= 4 is 5.82 Å². The molecule has 0 spiro atoms. The SMILES string of the molecule is Nc1ccn(Cc2cncc(F)c2)n1. The highest BCUT2D eigenvalue weighted by molar-refractivity contribution is 5.24. The average Bonchev–Trinajstić information content (AvgIpc) is 2.51. The molecule has 0 unspecified atom stereocenters. The van der Waals surface area contributed by atoms with E-state index in [1.807, 2.05) is 0 Å². The lowest BCUT2D eigenvalue weighted by Crippen LogP contribution is -2.01. The van der Waals surface area contributed by atoms with Crippen molar-refractivity contribution in [3.63, 3.8) is 0 Å². The number of nitrogens with two attached hydrogens (primary N) is 1. The summed E-state index contributed by atoms with van der Waals surface area (Å²) in [6.07, 6.45) is 4.50. The van der Waals surface area contributed by atoms with E-state index >= 15 is 0 Å². The van der Waals surface area contributed by atoms with Crippen molar-refractivity contribution < 1.29 is 4.39 Å². The number of pyridine rings is 1. The number of halogens is 1. The van der Waals surface area contributed by atoms with Crippen molar-refractivity contribution in [1.29, 1.82) is 0 Å². The average molecular weight is 192 g/mol. The zero-order valence-corrected chi connectivity index (χ0v) is 7.39. The fourth-order valence-corrected chi connectivity index (χ4v) is 1.19. The summed E-state index contributed by atoms with van der Waals surface area (Å²) in [6.45, 7) is 0.474. The fraction of sp³-hybridized carbons (Fsp3) is 0.111. The van der Waals surface area contributed by atoms with E-state index in [0.29, 0.717) is 12.4 Å². The minimum atomic E-state index is -0.345. The Labute approximate surface area is 80.2 Å². The van der Waals surface area contributed by atoms with Gasteiger partial charge in [-0.2, -0.15) is 5.10 Å². The molecule has 0 aromatic carbocycles. The summed E-state index contributed by atoms with van der Waals surface area (Å²) in [5.74, 6) is 0.108. The molecule has 0 aliphatic carbocycles. The molecule has 2 aromatic heterocycles. The van der Waals surface area contributed by atoms with Crippen molar-refractivity contribution in [2.24, 2.45) is 0 Å². The van der Waals surface area contributed by atoms with Crippen LogP contribution in [-0.2, 0) is 6.54 Å². The molecule has 0 amide bonds. The zero-order valence-electron chi connectivity index (χ0n) is 7.39. The van der Waals surface area contributed by atoms with Gasteiger partial charge in [-0.1, -0.05) is 0 Å². The Hall–Kier alpha value is -1.91. The third-order valence-corrected chi connectivity index (χ3v) is 1.77. The molecule has 4 nitrogen and oxygen atoms in total. The molecule has 2 aromatic rings. The second kappa shape index (κ2) is 3.45. The summed E-state index contributed by atoms with van der Waals surface area (Å²) in [5.41, 5.74) is 6.20. The van der Waals surface area contributed by atoms with Crippen LogP contribution in [0.5, 0.6) is 0 Å². The first kappa shape index (κ1) is 8.68. The molecule has 0 saturated carbocycles. The highest BCUT2D eigenvalue weighted by atomic mass is 19.1. The Kier molecular flexibility index (Phi) is 2.14. The Morgan fingerprint density at radius 1 is 1.43 bits per heavy atom. The molecule has 0 atom stereocenters. The van der Waals surface area contributed by atoms with E-state index in [1.54, 1.807) is 23.1 Å². The fourth-order valence-electron chi connectivity index (χ4n) is 1.19. The maximum Gasteiger partial charge on any atom is 0.145 e. The molecule has 2 N–H and O–H groups in total. The Bertz CT molecular complexity index is 438. The molecule has 2 rings (SSSR count). The molecule has 72 valence electrons. The van der Waals surface area contributed by atoms with Gasteiger partial charge in [-0.25, -0.2) is 4.39 Å². The number of hydrogen-bond acceptors (Lipinski definition) is 3. The minimum absolute atomic E-state index is 0.345. The molecule has 0 bridgehead atoms. The third-order valence-electron chi connectivity index (χ3n) is 1.77. The predicted octanol–water partition coefficient (Wildman–Crippen LogP) is 1.05. The predicted molar refractivity (Wildman–Crippen MR) is 49.9 cm³/mol. The van der Waals surface area contributed by atoms with Gasteiger partial charge in [0.1, 0.15) is 11.6 Å². The molecule has 2 heterocycles. The van der Waals surface area contributed by atoms with Crippen LogP contribution in [0, 0.1) is 5.82 Å². The summed E-state index contributed by atoms with van der Waals surface area (Å²) in [6, 6.07) is 3.11. The first-order valence-corrected chi connectivity index (χ1v) is 4.12. The van der Waals surface area contributed by atoms with Gasteiger partial charge in [-0.3, -0.25) is 9.67 Å². The van der Waals surface area contributed by atoms with E-state index < -0.39 is 0 Å². The molecular formula is C9H9FN4. The molecule has 0 radical (unpaired) electrons. The van der Waals surface area contributed by atoms with Gasteiger partial charge in [0.25, 0.3) is 0 Å². The van der Waals surface area contributed by atoms with Crippen LogP contribution in [0.15, 0.2) is 30.7 Å². The van der Waals surface area contributed by atoms with Crippen LogP contribution in [0.3, 0.4) is 0 Å². The lowest BCUT2D eigenvalue weighted by atomic mass is 10.3. The van der Waals surface area contributed by atoms with Crippen LogP contribution >= 0.6 is 0 Å². The summed E-state index contributed by atoms with van der Waals surface area (Å²) >= 11 is 0. The summed E-state index contributed by atoms with van der Waals surface area (Å²) < 4.78 is 14.4. The standard InChI is InChI=1S/C9H9FN4/c10-8-3-7(4-12-5-8)6-14-2-1-9(11)13-14/h1-5H,6H2,(H2,11,13). The number of anilines is 1. The van der Waals surface area contributed by atoms with Gasteiger partial charge in [0, 0.05) is 12.4 Å². The van der Waals surface area contributed by atoms with E-state index in [9.17, 15) is 4.39 Å². The van der Waals surface area contributed by atoms with E-state index in [1.165, 1.54) is 12.3 Å². The first-order chi connectivity index (χ1) is 6.74. The molecule has 0 aliphatic rings. The lowest BCUT2D eigenvalue weighted by molar-refractivity contribution is 0.612. The zero-order chi connectivity index (χ0) is 9.97. The first-order valence-electron chi connectivity index (χ1n) is 4.12. The molecule has 5 heteroatoms. The summed E-state index contributed by atoms with van der Waals surface area (Å²) in [5, 5.41) is 3.98. The number of nitrogen functional groups attached to an aromatic ring is 1. The molecular weight excluding hydrogens is 183 g/mol. The maximum absolute atomic E-state index is 12.8. The molecule has 14 heavy (non-hydrogen) atoms. The van der Waals surface area contributed by atoms with E-state index in [-0.39, 0.29) is 5.82 Å². The lowest BCUT2D eigenvalue weighted by Gasteiger charge is -2.00. The van der Waals surface area contributed by atoms with Crippen molar-refractivity contribution in [2.75, 3.05) is 5.73 Å². The van der Waals surface area contributed by atoms with E-state index in [0.717, 1.165) is 5.56 Å². The highest BCUT2D eigenvalue weighted by Crippen LogP contribution is 2.04. The number of rotatable bonds is 2. The van der Waals surface area contributed by atoms with Crippen molar-refractivity contribution in [3.05, 3.63) is 42.1 Å². The summed E-state index contributed by atoms with van der Waals surface area (Å²) in [4.78, 5) is 3.74. The molecule has 0 saturated heterocycles. The minimum Gasteiger partial charge on any atom is -0.382 e. The smallest absolute Gasteiger partial charge is 0.145 e. The monoisotopic (exact) mass is 192 g/mol. The molecule has 0 fully saturated rings. The quantitative estimate of drug-likeness (QED) is 0.773. The van der Waals surface area contributed by atoms with Gasteiger partial charge >= 0.3 is 0 Å². The van der Waals surface area contributed by atoms with Crippen molar-refractivity contribution in [3.8, 4) is 0 Å². The van der Waals surface area contributed by atoms with Gasteiger partial charge in [0.15, 0.2) is 0 Å².